The monoisotopic (exact) mass is 297 g/mol. The zero-order chi connectivity index (χ0) is 14.8. The second-order valence-corrected chi connectivity index (χ2v) is 7.29. The van der Waals surface area contributed by atoms with Crippen LogP contribution in [0, 0.1) is 6.92 Å². The van der Waals surface area contributed by atoms with Crippen LogP contribution in [0.1, 0.15) is 37.9 Å². The standard InChI is InChI=1S/C14H23N3O2S/c1-10-15-12(9-20-10)8-17-6-5-11(7-17)16-13(18)19-14(2,3)4/h9,11H,5-8H2,1-4H3,(H,16,18)/t11-/m1/s1. The summed E-state index contributed by atoms with van der Waals surface area (Å²) in [6.07, 6.45) is 0.636. The highest BCUT2D eigenvalue weighted by molar-refractivity contribution is 7.09. The Morgan fingerprint density at radius 3 is 2.95 bits per heavy atom. The number of hydrogen-bond acceptors (Lipinski definition) is 5. The first-order valence-electron chi connectivity index (χ1n) is 6.95. The third kappa shape index (κ3) is 4.76. The van der Waals surface area contributed by atoms with Gasteiger partial charge < -0.3 is 10.1 Å². The number of ether oxygens (including phenoxy) is 1. The molecule has 0 unspecified atom stereocenters. The molecule has 1 fully saturated rings. The van der Waals surface area contributed by atoms with Gasteiger partial charge in [0, 0.05) is 31.1 Å². The van der Waals surface area contributed by atoms with Crippen LogP contribution in [0.2, 0.25) is 0 Å². The quantitative estimate of drug-likeness (QED) is 0.931. The van der Waals surface area contributed by atoms with Crippen LogP contribution in [0.15, 0.2) is 5.38 Å². The lowest BCUT2D eigenvalue weighted by atomic mass is 10.2. The molecule has 112 valence electrons. The van der Waals surface area contributed by atoms with E-state index in [1.807, 2.05) is 27.7 Å². The summed E-state index contributed by atoms with van der Waals surface area (Å²) in [5.41, 5.74) is 0.672. The van der Waals surface area contributed by atoms with Crippen LogP contribution < -0.4 is 5.32 Å². The maximum Gasteiger partial charge on any atom is 0.407 e. The second-order valence-electron chi connectivity index (χ2n) is 6.22. The van der Waals surface area contributed by atoms with Crippen LogP contribution in [-0.4, -0.2) is 40.7 Å². The number of thiazole rings is 1. The van der Waals surface area contributed by atoms with Crippen molar-refractivity contribution in [3.8, 4) is 0 Å². The molecule has 0 bridgehead atoms. The van der Waals surface area contributed by atoms with E-state index in [9.17, 15) is 4.79 Å². The number of nitrogens with zero attached hydrogens (tertiary/aromatic N) is 2. The van der Waals surface area contributed by atoms with Crippen molar-refractivity contribution in [2.45, 2.75) is 52.3 Å². The van der Waals surface area contributed by atoms with E-state index in [1.54, 1.807) is 11.3 Å². The molecule has 5 nitrogen and oxygen atoms in total. The minimum Gasteiger partial charge on any atom is -0.444 e. The normalized spacial score (nSPS) is 20.1. The maximum atomic E-state index is 11.7. The van der Waals surface area contributed by atoms with Crippen molar-refractivity contribution in [3.63, 3.8) is 0 Å². The number of likely N-dealkylation sites (tertiary alicyclic amines) is 1. The number of hydrogen-bond donors (Lipinski definition) is 1. The maximum absolute atomic E-state index is 11.7. The summed E-state index contributed by atoms with van der Waals surface area (Å²) in [6, 6.07) is 0.171. The van der Waals surface area contributed by atoms with Crippen LogP contribution in [0.4, 0.5) is 4.79 Å². The smallest absolute Gasteiger partial charge is 0.407 e. The van der Waals surface area contributed by atoms with E-state index < -0.39 is 5.60 Å². The van der Waals surface area contributed by atoms with E-state index in [1.165, 1.54) is 0 Å². The van der Waals surface area contributed by atoms with Crippen molar-refractivity contribution in [2.24, 2.45) is 0 Å². The third-order valence-electron chi connectivity index (χ3n) is 3.05. The van der Waals surface area contributed by atoms with Crippen molar-refractivity contribution in [1.82, 2.24) is 15.2 Å². The number of nitrogens with one attached hydrogen (secondary N) is 1. The Morgan fingerprint density at radius 2 is 2.35 bits per heavy atom. The highest BCUT2D eigenvalue weighted by Crippen LogP contribution is 2.16. The Kier molecular flexibility index (Phi) is 4.65. The molecule has 20 heavy (non-hydrogen) atoms. The van der Waals surface area contributed by atoms with E-state index >= 15 is 0 Å². The molecule has 0 spiro atoms. The fraction of sp³-hybridized carbons (Fsp3) is 0.714. The van der Waals surface area contributed by atoms with Gasteiger partial charge in [-0.1, -0.05) is 0 Å². The summed E-state index contributed by atoms with van der Waals surface area (Å²) in [4.78, 5) is 18.5. The zero-order valence-corrected chi connectivity index (χ0v) is 13.4. The van der Waals surface area contributed by atoms with Gasteiger partial charge in [0.2, 0.25) is 0 Å². The Balaban J connectivity index is 1.76. The second kappa shape index (κ2) is 6.10. The molecule has 0 saturated carbocycles. The molecule has 1 aliphatic heterocycles. The molecular weight excluding hydrogens is 274 g/mol. The molecule has 1 saturated heterocycles. The summed E-state index contributed by atoms with van der Waals surface area (Å²) in [6.45, 7) is 10.3. The molecule has 1 aromatic rings. The van der Waals surface area contributed by atoms with E-state index in [0.29, 0.717) is 0 Å². The first-order valence-corrected chi connectivity index (χ1v) is 7.83. The van der Waals surface area contributed by atoms with Gasteiger partial charge in [-0.2, -0.15) is 0 Å². The van der Waals surface area contributed by atoms with E-state index in [0.717, 1.165) is 36.8 Å². The lowest BCUT2D eigenvalue weighted by molar-refractivity contribution is 0.0506. The van der Waals surface area contributed by atoms with Crippen molar-refractivity contribution >= 4 is 17.4 Å². The van der Waals surface area contributed by atoms with Gasteiger partial charge >= 0.3 is 6.09 Å². The number of rotatable bonds is 3. The first-order chi connectivity index (χ1) is 9.32. The Hall–Kier alpha value is -1.14. The lowest BCUT2D eigenvalue weighted by Gasteiger charge is -2.22. The van der Waals surface area contributed by atoms with E-state index in [4.69, 9.17) is 4.74 Å². The largest absolute Gasteiger partial charge is 0.444 e. The molecule has 6 heteroatoms. The number of carbonyl (C=O) groups excluding carboxylic acids is 1. The van der Waals surface area contributed by atoms with E-state index in [2.05, 4.69) is 20.6 Å². The average molecular weight is 297 g/mol. The SMILES string of the molecule is Cc1nc(CN2CC[C@@H](NC(=O)OC(C)(C)C)C2)cs1. The number of alkyl carbamates (subject to hydrolysis) is 1. The Bertz CT molecular complexity index is 467. The summed E-state index contributed by atoms with van der Waals surface area (Å²) < 4.78 is 5.28. The fourth-order valence-corrected chi connectivity index (χ4v) is 2.88. The lowest BCUT2D eigenvalue weighted by Crippen LogP contribution is -2.40. The number of carbonyl (C=O) groups is 1. The molecule has 2 rings (SSSR count). The zero-order valence-electron chi connectivity index (χ0n) is 12.6. The molecule has 1 aromatic heterocycles. The molecule has 1 N–H and O–H groups in total. The van der Waals surface area contributed by atoms with Gasteiger partial charge in [0.1, 0.15) is 5.60 Å². The Labute approximate surface area is 124 Å². The highest BCUT2D eigenvalue weighted by atomic mass is 32.1. The molecule has 1 atom stereocenters. The number of aryl methyl sites for hydroxylation is 1. The van der Waals surface area contributed by atoms with Gasteiger partial charge in [0.15, 0.2) is 0 Å². The van der Waals surface area contributed by atoms with Gasteiger partial charge in [-0.15, -0.1) is 11.3 Å². The van der Waals surface area contributed by atoms with E-state index in [-0.39, 0.29) is 12.1 Å². The van der Waals surface area contributed by atoms with Crippen LogP contribution in [0.25, 0.3) is 0 Å². The topological polar surface area (TPSA) is 54.5 Å². The van der Waals surface area contributed by atoms with Crippen LogP contribution >= 0.6 is 11.3 Å². The van der Waals surface area contributed by atoms with Gasteiger partial charge in [-0.25, -0.2) is 9.78 Å². The fourth-order valence-electron chi connectivity index (χ4n) is 2.28. The predicted molar refractivity (Wildman–Crippen MR) is 79.9 cm³/mol. The molecular formula is C14H23N3O2S. The molecule has 0 aromatic carbocycles. The van der Waals surface area contributed by atoms with Crippen molar-refractivity contribution in [2.75, 3.05) is 13.1 Å². The van der Waals surface area contributed by atoms with Crippen molar-refractivity contribution < 1.29 is 9.53 Å². The predicted octanol–water partition coefficient (Wildman–Crippen LogP) is 2.55. The molecule has 0 radical (unpaired) electrons. The van der Waals surface area contributed by atoms with Gasteiger partial charge in [-0.05, 0) is 34.1 Å². The molecule has 2 heterocycles. The van der Waals surface area contributed by atoms with Crippen LogP contribution in [0.5, 0.6) is 0 Å². The molecule has 1 amide bonds. The highest BCUT2D eigenvalue weighted by Gasteiger charge is 2.26. The molecule has 0 aliphatic carbocycles. The summed E-state index contributed by atoms with van der Waals surface area (Å²) in [5.74, 6) is 0. The van der Waals surface area contributed by atoms with Gasteiger partial charge in [0.05, 0.1) is 10.7 Å². The Morgan fingerprint density at radius 1 is 1.60 bits per heavy atom. The number of amides is 1. The minimum atomic E-state index is -0.444. The van der Waals surface area contributed by atoms with Gasteiger partial charge in [-0.3, -0.25) is 4.90 Å². The van der Waals surface area contributed by atoms with Gasteiger partial charge in [0.25, 0.3) is 0 Å². The first kappa shape index (κ1) is 15.3. The third-order valence-corrected chi connectivity index (χ3v) is 3.87. The average Bonchev–Trinajstić information content (AvgIpc) is 2.86. The molecule has 1 aliphatic rings. The number of aromatic nitrogens is 1. The van der Waals surface area contributed by atoms with Crippen molar-refractivity contribution in [3.05, 3.63) is 16.1 Å². The van der Waals surface area contributed by atoms with Crippen molar-refractivity contribution in [1.29, 1.82) is 0 Å². The van der Waals surface area contributed by atoms with Crippen LogP contribution in [-0.2, 0) is 11.3 Å². The van der Waals surface area contributed by atoms with Crippen LogP contribution in [0.3, 0.4) is 0 Å². The minimum absolute atomic E-state index is 0.171. The summed E-state index contributed by atoms with van der Waals surface area (Å²) in [5, 5.41) is 6.14. The summed E-state index contributed by atoms with van der Waals surface area (Å²) >= 11 is 1.68. The summed E-state index contributed by atoms with van der Waals surface area (Å²) in [7, 11) is 0.